The lowest BCUT2D eigenvalue weighted by Crippen LogP contribution is -2.42. The Morgan fingerprint density at radius 2 is 1.81 bits per heavy atom. The molecular formula is C20H17ClFNO4. The lowest BCUT2D eigenvalue weighted by Gasteiger charge is -2.25. The van der Waals surface area contributed by atoms with Crippen LogP contribution in [0, 0.1) is 5.82 Å². The number of hydrogen-bond donors (Lipinski definition) is 0. The van der Waals surface area contributed by atoms with Crippen LogP contribution in [0.2, 0.25) is 5.02 Å². The van der Waals surface area contributed by atoms with Crippen molar-refractivity contribution in [3.05, 3.63) is 70.5 Å². The third kappa shape index (κ3) is 4.93. The third-order valence-corrected chi connectivity index (χ3v) is 4.34. The summed E-state index contributed by atoms with van der Waals surface area (Å²) in [5.41, 5.74) is 0.536. The van der Waals surface area contributed by atoms with Crippen LogP contribution in [0.1, 0.15) is 15.9 Å². The minimum Gasteiger partial charge on any atom is -0.410 e. The van der Waals surface area contributed by atoms with Crippen molar-refractivity contribution in [2.45, 2.75) is 0 Å². The molecule has 3 rings (SSSR count). The minimum absolute atomic E-state index is 0.156. The molecule has 1 fully saturated rings. The van der Waals surface area contributed by atoms with E-state index in [4.69, 9.17) is 21.1 Å². The molecule has 1 aliphatic heterocycles. The van der Waals surface area contributed by atoms with E-state index in [1.807, 2.05) is 0 Å². The summed E-state index contributed by atoms with van der Waals surface area (Å²) in [6.45, 7) is 1.94. The Hall–Kier alpha value is -2.70. The molecule has 1 heterocycles. The molecule has 5 nitrogen and oxygen atoms in total. The standard InChI is InChI=1S/C20H17ClFNO4/c21-17-2-1-3-18(22)16(17)8-9-19(24)14-4-6-15(7-5-14)27-20(25)23-10-12-26-13-11-23/h1-9H,10-13H2. The average Bonchev–Trinajstić information content (AvgIpc) is 2.68. The molecule has 1 saturated heterocycles. The fraction of sp³-hybridized carbons (Fsp3) is 0.200. The van der Waals surface area contributed by atoms with E-state index in [-0.39, 0.29) is 16.4 Å². The number of rotatable bonds is 4. The summed E-state index contributed by atoms with van der Waals surface area (Å²) in [4.78, 5) is 25.8. The van der Waals surface area contributed by atoms with Gasteiger partial charge in [-0.3, -0.25) is 4.79 Å². The molecule has 7 heteroatoms. The molecule has 0 atom stereocenters. The maximum absolute atomic E-state index is 13.7. The molecule has 27 heavy (non-hydrogen) atoms. The van der Waals surface area contributed by atoms with E-state index < -0.39 is 11.9 Å². The van der Waals surface area contributed by atoms with E-state index in [1.165, 1.54) is 48.6 Å². The predicted octanol–water partition coefficient (Wildman–Crippen LogP) is 4.21. The van der Waals surface area contributed by atoms with Crippen LogP contribution >= 0.6 is 11.6 Å². The summed E-state index contributed by atoms with van der Waals surface area (Å²) in [7, 11) is 0. The van der Waals surface area contributed by atoms with Gasteiger partial charge in [-0.05, 0) is 48.6 Å². The highest BCUT2D eigenvalue weighted by Gasteiger charge is 2.18. The van der Waals surface area contributed by atoms with Gasteiger partial charge < -0.3 is 14.4 Å². The summed E-state index contributed by atoms with van der Waals surface area (Å²) >= 11 is 5.93. The summed E-state index contributed by atoms with van der Waals surface area (Å²) in [6.07, 6.45) is 2.14. The number of nitrogens with zero attached hydrogens (tertiary/aromatic N) is 1. The van der Waals surface area contributed by atoms with Gasteiger partial charge in [-0.25, -0.2) is 9.18 Å². The molecule has 0 radical (unpaired) electrons. The van der Waals surface area contributed by atoms with Crippen molar-refractivity contribution in [1.29, 1.82) is 0 Å². The molecule has 0 saturated carbocycles. The number of amides is 1. The first kappa shape index (κ1) is 19.1. The molecule has 0 unspecified atom stereocenters. The Morgan fingerprint density at radius 3 is 2.48 bits per heavy atom. The molecular weight excluding hydrogens is 373 g/mol. The van der Waals surface area contributed by atoms with Gasteiger partial charge in [0.25, 0.3) is 0 Å². The zero-order chi connectivity index (χ0) is 19.2. The summed E-state index contributed by atoms with van der Waals surface area (Å²) in [6, 6.07) is 10.5. The van der Waals surface area contributed by atoms with E-state index in [1.54, 1.807) is 11.0 Å². The molecule has 0 N–H and O–H groups in total. The second kappa shape index (κ2) is 8.79. The van der Waals surface area contributed by atoms with E-state index >= 15 is 0 Å². The average molecular weight is 390 g/mol. The van der Waals surface area contributed by atoms with E-state index in [9.17, 15) is 14.0 Å². The topological polar surface area (TPSA) is 55.8 Å². The lowest BCUT2D eigenvalue weighted by atomic mass is 10.1. The van der Waals surface area contributed by atoms with Crippen LogP contribution < -0.4 is 4.74 Å². The van der Waals surface area contributed by atoms with Crippen LogP contribution in [-0.4, -0.2) is 43.1 Å². The molecule has 140 valence electrons. The van der Waals surface area contributed by atoms with Crippen LogP contribution in [0.15, 0.2) is 48.5 Å². The van der Waals surface area contributed by atoms with Crippen molar-refractivity contribution in [2.75, 3.05) is 26.3 Å². The molecule has 2 aromatic carbocycles. The van der Waals surface area contributed by atoms with E-state index in [0.29, 0.717) is 37.6 Å². The molecule has 0 aliphatic carbocycles. The number of hydrogen-bond acceptors (Lipinski definition) is 4. The van der Waals surface area contributed by atoms with E-state index in [2.05, 4.69) is 0 Å². The molecule has 0 aromatic heterocycles. The van der Waals surface area contributed by atoms with Crippen LogP contribution in [-0.2, 0) is 4.74 Å². The van der Waals surface area contributed by atoms with Crippen molar-refractivity contribution in [3.63, 3.8) is 0 Å². The van der Waals surface area contributed by atoms with Gasteiger partial charge in [0, 0.05) is 24.2 Å². The van der Waals surface area contributed by atoms with Crippen LogP contribution in [0.5, 0.6) is 5.75 Å². The number of morpholine rings is 1. The number of ketones is 1. The highest BCUT2D eigenvalue weighted by molar-refractivity contribution is 6.32. The predicted molar refractivity (Wildman–Crippen MR) is 99.6 cm³/mol. The monoisotopic (exact) mass is 389 g/mol. The molecule has 1 amide bonds. The maximum atomic E-state index is 13.7. The Balaban J connectivity index is 1.63. The van der Waals surface area contributed by atoms with Crippen molar-refractivity contribution in [3.8, 4) is 5.75 Å². The van der Waals surface area contributed by atoms with Crippen molar-refractivity contribution >= 4 is 29.6 Å². The van der Waals surface area contributed by atoms with Crippen molar-refractivity contribution in [2.24, 2.45) is 0 Å². The number of carbonyl (C=O) groups excluding carboxylic acids is 2. The number of benzene rings is 2. The van der Waals surface area contributed by atoms with E-state index in [0.717, 1.165) is 0 Å². The minimum atomic E-state index is -0.503. The first-order valence-electron chi connectivity index (χ1n) is 8.35. The Bertz CT molecular complexity index is 841. The zero-order valence-corrected chi connectivity index (χ0v) is 15.1. The van der Waals surface area contributed by atoms with Gasteiger partial charge in [-0.1, -0.05) is 17.7 Å². The zero-order valence-electron chi connectivity index (χ0n) is 14.4. The Labute approximate surface area is 160 Å². The number of halogens is 2. The molecule has 0 bridgehead atoms. The van der Waals surface area contributed by atoms with Gasteiger partial charge in [0.1, 0.15) is 11.6 Å². The Morgan fingerprint density at radius 1 is 1.11 bits per heavy atom. The highest BCUT2D eigenvalue weighted by Crippen LogP contribution is 2.21. The van der Waals surface area contributed by atoms with Crippen LogP contribution in [0.25, 0.3) is 6.08 Å². The largest absolute Gasteiger partial charge is 0.415 e. The van der Waals surface area contributed by atoms with Gasteiger partial charge >= 0.3 is 6.09 Å². The Kier molecular flexibility index (Phi) is 6.21. The summed E-state index contributed by atoms with van der Waals surface area (Å²) in [5, 5.41) is 0.226. The maximum Gasteiger partial charge on any atom is 0.415 e. The van der Waals surface area contributed by atoms with Gasteiger partial charge in [-0.15, -0.1) is 0 Å². The fourth-order valence-corrected chi connectivity index (χ4v) is 2.75. The van der Waals surface area contributed by atoms with Crippen LogP contribution in [0.3, 0.4) is 0 Å². The normalized spacial score (nSPS) is 14.4. The van der Waals surface area contributed by atoms with Gasteiger partial charge in [-0.2, -0.15) is 0 Å². The lowest BCUT2D eigenvalue weighted by molar-refractivity contribution is 0.0416. The number of allylic oxidation sites excluding steroid dienone is 1. The smallest absolute Gasteiger partial charge is 0.410 e. The fourth-order valence-electron chi connectivity index (χ4n) is 2.52. The third-order valence-electron chi connectivity index (χ3n) is 4.01. The van der Waals surface area contributed by atoms with Gasteiger partial charge in [0.15, 0.2) is 5.78 Å². The van der Waals surface area contributed by atoms with Crippen molar-refractivity contribution < 1.29 is 23.5 Å². The molecule has 0 spiro atoms. The SMILES string of the molecule is O=C(C=Cc1c(F)cccc1Cl)c1ccc(OC(=O)N2CCOCC2)cc1. The quantitative estimate of drug-likeness (QED) is 0.580. The molecule has 1 aliphatic rings. The molecule has 2 aromatic rings. The highest BCUT2D eigenvalue weighted by atomic mass is 35.5. The van der Waals surface area contributed by atoms with Crippen molar-refractivity contribution in [1.82, 2.24) is 4.90 Å². The summed E-state index contributed by atoms with van der Waals surface area (Å²) in [5.74, 6) is -0.485. The second-order valence-corrected chi connectivity index (χ2v) is 6.23. The van der Waals surface area contributed by atoms with Gasteiger partial charge in [0.2, 0.25) is 0 Å². The van der Waals surface area contributed by atoms with Crippen LogP contribution in [0.4, 0.5) is 9.18 Å². The number of ether oxygens (including phenoxy) is 2. The first-order chi connectivity index (χ1) is 13.0. The second-order valence-electron chi connectivity index (χ2n) is 5.82. The first-order valence-corrected chi connectivity index (χ1v) is 8.73. The summed E-state index contributed by atoms with van der Waals surface area (Å²) < 4.78 is 24.2. The number of carbonyl (C=O) groups is 2. The van der Waals surface area contributed by atoms with Gasteiger partial charge in [0.05, 0.1) is 18.2 Å².